The maximum Gasteiger partial charge on any atom is 0.141 e. The largest absolute Gasteiger partial charge is 0.396 e. The molecule has 1 atom stereocenters. The number of hydrogen-bond donors (Lipinski definition) is 1. The molecule has 0 aromatic carbocycles. The van der Waals surface area contributed by atoms with E-state index in [1.165, 1.54) is 16.8 Å². The van der Waals surface area contributed by atoms with Crippen LogP contribution in [0.25, 0.3) is 10.2 Å². The molecule has 3 nitrogen and oxygen atoms in total. The Morgan fingerprint density at radius 3 is 3.19 bits per heavy atom. The third-order valence-corrected chi connectivity index (χ3v) is 4.64. The Morgan fingerprint density at radius 1 is 1.50 bits per heavy atom. The van der Waals surface area contributed by atoms with Gasteiger partial charge in [0.05, 0.1) is 5.39 Å². The maximum atomic E-state index is 9.23. The number of fused-ring (bicyclic) bond motifs is 3. The number of thiophene rings is 1. The van der Waals surface area contributed by atoms with E-state index < -0.39 is 0 Å². The molecule has 16 heavy (non-hydrogen) atoms. The van der Waals surface area contributed by atoms with E-state index in [2.05, 4.69) is 9.97 Å². The number of aliphatic hydroxyl groups is 1. The van der Waals surface area contributed by atoms with Gasteiger partial charge in [0.2, 0.25) is 0 Å². The number of hydrogen-bond acceptors (Lipinski definition) is 4. The molecular formula is C11H11ClN2OS. The minimum absolute atomic E-state index is 0.252. The monoisotopic (exact) mass is 254 g/mol. The predicted molar refractivity (Wildman–Crippen MR) is 65.0 cm³/mol. The van der Waals surface area contributed by atoms with Crippen LogP contribution in [0, 0.1) is 5.92 Å². The smallest absolute Gasteiger partial charge is 0.141 e. The van der Waals surface area contributed by atoms with E-state index in [1.54, 1.807) is 11.3 Å². The van der Waals surface area contributed by atoms with Crippen molar-refractivity contribution in [2.24, 2.45) is 5.92 Å². The van der Waals surface area contributed by atoms with Gasteiger partial charge in [0.15, 0.2) is 0 Å². The van der Waals surface area contributed by atoms with Crippen molar-refractivity contribution in [3.8, 4) is 0 Å². The van der Waals surface area contributed by atoms with Crippen LogP contribution < -0.4 is 0 Å². The van der Waals surface area contributed by atoms with Crippen LogP contribution in [-0.2, 0) is 12.8 Å². The van der Waals surface area contributed by atoms with Gasteiger partial charge in [-0.05, 0) is 30.7 Å². The summed E-state index contributed by atoms with van der Waals surface area (Å²) in [5.74, 6) is 0.363. The number of nitrogens with zero attached hydrogens (tertiary/aromatic N) is 2. The van der Waals surface area contributed by atoms with Crippen molar-refractivity contribution >= 4 is 33.2 Å². The summed E-state index contributed by atoms with van der Waals surface area (Å²) in [6.45, 7) is 0.252. The van der Waals surface area contributed by atoms with Crippen LogP contribution in [0.4, 0.5) is 0 Å². The fraction of sp³-hybridized carbons (Fsp3) is 0.455. The molecule has 1 N–H and O–H groups in total. The molecule has 2 aromatic rings. The Morgan fingerprint density at radius 2 is 2.38 bits per heavy atom. The quantitative estimate of drug-likeness (QED) is 0.795. The van der Waals surface area contributed by atoms with Gasteiger partial charge in [-0.1, -0.05) is 11.6 Å². The van der Waals surface area contributed by atoms with Crippen molar-refractivity contribution in [3.63, 3.8) is 0 Å². The molecule has 2 aromatic heterocycles. The first-order valence-corrected chi connectivity index (χ1v) is 6.50. The minimum atomic E-state index is 0.252. The van der Waals surface area contributed by atoms with Gasteiger partial charge in [-0.15, -0.1) is 11.3 Å². The van der Waals surface area contributed by atoms with Crippen molar-refractivity contribution in [1.29, 1.82) is 0 Å². The van der Waals surface area contributed by atoms with E-state index in [-0.39, 0.29) is 6.61 Å². The van der Waals surface area contributed by atoms with E-state index in [9.17, 15) is 5.11 Å². The summed E-state index contributed by atoms with van der Waals surface area (Å²) in [7, 11) is 0. The average molecular weight is 255 g/mol. The molecular weight excluding hydrogens is 244 g/mol. The summed E-state index contributed by atoms with van der Waals surface area (Å²) in [6, 6.07) is 0. The highest BCUT2D eigenvalue weighted by molar-refractivity contribution is 7.19. The highest BCUT2D eigenvalue weighted by atomic mass is 35.5. The first-order valence-electron chi connectivity index (χ1n) is 5.31. The van der Waals surface area contributed by atoms with Gasteiger partial charge in [-0.3, -0.25) is 0 Å². The summed E-state index contributed by atoms with van der Waals surface area (Å²) in [4.78, 5) is 10.6. The molecule has 0 fully saturated rings. The van der Waals surface area contributed by atoms with Crippen molar-refractivity contribution < 1.29 is 5.11 Å². The Bertz CT molecular complexity index is 540. The van der Waals surface area contributed by atoms with E-state index in [0.717, 1.165) is 29.5 Å². The molecule has 0 spiro atoms. The fourth-order valence-corrected chi connectivity index (χ4v) is 3.78. The maximum absolute atomic E-state index is 9.23. The Kier molecular flexibility index (Phi) is 2.58. The van der Waals surface area contributed by atoms with Gasteiger partial charge in [0, 0.05) is 11.5 Å². The second kappa shape index (κ2) is 3.95. The molecule has 2 heterocycles. The Labute approximate surface area is 102 Å². The molecule has 0 bridgehead atoms. The summed E-state index contributed by atoms with van der Waals surface area (Å²) in [5.41, 5.74) is 1.26. The lowest BCUT2D eigenvalue weighted by atomic mass is 9.88. The van der Waals surface area contributed by atoms with Crippen LogP contribution in [0.2, 0.25) is 5.15 Å². The van der Waals surface area contributed by atoms with Gasteiger partial charge in [0.1, 0.15) is 16.3 Å². The van der Waals surface area contributed by atoms with Gasteiger partial charge in [-0.25, -0.2) is 9.97 Å². The second-order valence-electron chi connectivity index (χ2n) is 4.14. The number of aliphatic hydroxyl groups excluding tert-OH is 1. The second-order valence-corrected chi connectivity index (χ2v) is 5.58. The molecule has 84 valence electrons. The van der Waals surface area contributed by atoms with Crippen molar-refractivity contribution in [2.45, 2.75) is 19.3 Å². The standard InChI is InChI=1S/C11H11ClN2OS/c12-10-9-7-3-6(4-15)1-2-8(7)16-11(9)14-5-13-10/h5-6,15H,1-4H2/t6-/m1/s1. The molecule has 0 saturated carbocycles. The van der Waals surface area contributed by atoms with E-state index in [4.69, 9.17) is 11.6 Å². The topological polar surface area (TPSA) is 46.0 Å². The van der Waals surface area contributed by atoms with Gasteiger partial charge < -0.3 is 5.11 Å². The number of aromatic nitrogens is 2. The molecule has 3 rings (SSSR count). The summed E-state index contributed by atoms with van der Waals surface area (Å²) >= 11 is 7.83. The van der Waals surface area contributed by atoms with E-state index in [0.29, 0.717) is 11.1 Å². The van der Waals surface area contributed by atoms with Gasteiger partial charge in [-0.2, -0.15) is 0 Å². The number of halogens is 1. The van der Waals surface area contributed by atoms with Crippen molar-refractivity contribution in [1.82, 2.24) is 9.97 Å². The Hall–Kier alpha value is -0.710. The predicted octanol–water partition coefficient (Wildman–Crippen LogP) is 2.44. The van der Waals surface area contributed by atoms with Crippen LogP contribution >= 0.6 is 22.9 Å². The lowest BCUT2D eigenvalue weighted by molar-refractivity contribution is 0.214. The van der Waals surface area contributed by atoms with Crippen LogP contribution in [-0.4, -0.2) is 21.7 Å². The normalized spacial score (nSPS) is 20.0. The lowest BCUT2D eigenvalue weighted by Crippen LogP contribution is -2.15. The molecule has 1 aliphatic rings. The molecule has 0 aliphatic heterocycles. The summed E-state index contributed by atoms with van der Waals surface area (Å²) in [6.07, 6.45) is 4.49. The zero-order valence-corrected chi connectivity index (χ0v) is 10.2. The SMILES string of the molecule is OC[C@@H]1CCc2sc3ncnc(Cl)c3c2C1. The van der Waals surface area contributed by atoms with E-state index in [1.807, 2.05) is 0 Å². The third kappa shape index (κ3) is 1.52. The fourth-order valence-electron chi connectivity index (χ4n) is 2.30. The Balaban J connectivity index is 2.19. The molecule has 0 unspecified atom stereocenters. The molecule has 0 saturated heterocycles. The third-order valence-electron chi connectivity index (χ3n) is 3.16. The number of aryl methyl sites for hydroxylation is 1. The highest BCUT2D eigenvalue weighted by Crippen LogP contribution is 2.39. The van der Waals surface area contributed by atoms with Crippen molar-refractivity contribution in [3.05, 3.63) is 21.9 Å². The molecule has 0 radical (unpaired) electrons. The van der Waals surface area contributed by atoms with Crippen LogP contribution in [0.5, 0.6) is 0 Å². The van der Waals surface area contributed by atoms with Crippen LogP contribution in [0.15, 0.2) is 6.33 Å². The summed E-state index contributed by atoms with van der Waals surface area (Å²) < 4.78 is 0. The van der Waals surface area contributed by atoms with E-state index >= 15 is 0 Å². The highest BCUT2D eigenvalue weighted by Gasteiger charge is 2.24. The average Bonchev–Trinajstić information content (AvgIpc) is 2.67. The lowest BCUT2D eigenvalue weighted by Gasteiger charge is -2.19. The number of rotatable bonds is 1. The summed E-state index contributed by atoms with van der Waals surface area (Å²) in [5, 5.41) is 10.8. The van der Waals surface area contributed by atoms with Gasteiger partial charge >= 0.3 is 0 Å². The van der Waals surface area contributed by atoms with Crippen molar-refractivity contribution in [2.75, 3.05) is 6.61 Å². The van der Waals surface area contributed by atoms with Gasteiger partial charge in [0.25, 0.3) is 0 Å². The first-order chi connectivity index (χ1) is 7.79. The zero-order chi connectivity index (χ0) is 11.1. The molecule has 0 amide bonds. The molecule has 1 aliphatic carbocycles. The van der Waals surface area contributed by atoms with Crippen LogP contribution in [0.1, 0.15) is 16.9 Å². The minimum Gasteiger partial charge on any atom is -0.396 e. The molecule has 5 heteroatoms. The van der Waals surface area contributed by atoms with Crippen LogP contribution in [0.3, 0.4) is 0 Å². The zero-order valence-electron chi connectivity index (χ0n) is 8.61. The first kappa shape index (κ1) is 10.4.